The van der Waals surface area contributed by atoms with Crippen molar-refractivity contribution in [1.29, 1.82) is 0 Å². The molecule has 0 fully saturated rings. The summed E-state index contributed by atoms with van der Waals surface area (Å²) in [6, 6.07) is 15.6. The van der Waals surface area contributed by atoms with Crippen molar-refractivity contribution in [3.63, 3.8) is 0 Å². The van der Waals surface area contributed by atoms with Crippen LogP contribution in [0, 0.1) is 13.8 Å². The third-order valence-corrected chi connectivity index (χ3v) is 4.88. The van der Waals surface area contributed by atoms with Crippen LogP contribution in [-0.4, -0.2) is 29.3 Å². The van der Waals surface area contributed by atoms with Gasteiger partial charge in [0.1, 0.15) is 6.04 Å². The Morgan fingerprint density at radius 1 is 0.893 bits per heavy atom. The predicted octanol–water partition coefficient (Wildman–Crippen LogP) is 4.18. The van der Waals surface area contributed by atoms with Gasteiger partial charge in [0.25, 0.3) is 0 Å². The summed E-state index contributed by atoms with van der Waals surface area (Å²) in [4.78, 5) is 27.6. The number of hydrogen-bond donors (Lipinski definition) is 1. The Kier molecular flexibility index (Phi) is 8.24. The number of amides is 2. The highest BCUT2D eigenvalue weighted by Gasteiger charge is 2.28. The van der Waals surface area contributed by atoms with Crippen molar-refractivity contribution < 1.29 is 9.59 Å². The van der Waals surface area contributed by atoms with Crippen molar-refractivity contribution in [2.75, 3.05) is 6.54 Å². The van der Waals surface area contributed by atoms with Gasteiger partial charge in [-0.05, 0) is 37.8 Å². The molecule has 0 aliphatic heterocycles. The molecule has 0 unspecified atom stereocenters. The molecule has 0 bridgehead atoms. The molecule has 1 atom stereocenters. The maximum Gasteiger partial charge on any atom is 0.242 e. The first kappa shape index (κ1) is 21.7. The van der Waals surface area contributed by atoms with E-state index in [0.717, 1.165) is 23.1 Å². The maximum absolute atomic E-state index is 13.2. The molecule has 2 aromatic rings. The van der Waals surface area contributed by atoms with Crippen LogP contribution < -0.4 is 5.32 Å². The molecule has 0 aliphatic rings. The van der Waals surface area contributed by atoms with Crippen molar-refractivity contribution >= 4 is 11.8 Å². The maximum atomic E-state index is 13.2. The molecule has 28 heavy (non-hydrogen) atoms. The smallest absolute Gasteiger partial charge is 0.242 e. The van der Waals surface area contributed by atoms with Gasteiger partial charge in [0.05, 0.1) is 6.42 Å². The molecular formula is C24H32N2O2. The van der Waals surface area contributed by atoms with E-state index in [1.165, 1.54) is 5.56 Å². The van der Waals surface area contributed by atoms with E-state index in [0.29, 0.717) is 25.9 Å². The molecule has 2 rings (SSSR count). The topological polar surface area (TPSA) is 49.4 Å². The summed E-state index contributed by atoms with van der Waals surface area (Å²) in [5, 5.41) is 2.95. The summed E-state index contributed by atoms with van der Waals surface area (Å²) < 4.78 is 0. The van der Waals surface area contributed by atoms with Gasteiger partial charge in [-0.1, -0.05) is 73.5 Å². The minimum Gasteiger partial charge on any atom is -0.354 e. The molecule has 0 saturated carbocycles. The number of hydrogen-bond acceptors (Lipinski definition) is 2. The van der Waals surface area contributed by atoms with E-state index in [-0.39, 0.29) is 11.8 Å². The highest BCUT2D eigenvalue weighted by Crippen LogP contribution is 2.15. The third-order valence-electron chi connectivity index (χ3n) is 4.88. The van der Waals surface area contributed by atoms with Gasteiger partial charge in [-0.15, -0.1) is 0 Å². The highest BCUT2D eigenvalue weighted by atomic mass is 16.2. The quantitative estimate of drug-likeness (QED) is 0.709. The van der Waals surface area contributed by atoms with Crippen molar-refractivity contribution in [2.24, 2.45) is 0 Å². The highest BCUT2D eigenvalue weighted by molar-refractivity contribution is 5.88. The van der Waals surface area contributed by atoms with Crippen LogP contribution in [0.15, 0.2) is 48.5 Å². The minimum atomic E-state index is -0.467. The molecule has 0 spiro atoms. The van der Waals surface area contributed by atoms with Crippen LogP contribution in [-0.2, 0) is 22.6 Å². The fourth-order valence-corrected chi connectivity index (χ4v) is 3.16. The molecule has 2 aromatic carbocycles. The number of nitrogens with one attached hydrogen (secondary N) is 1. The molecule has 4 heteroatoms. The summed E-state index contributed by atoms with van der Waals surface area (Å²) in [5.41, 5.74) is 4.34. The predicted molar refractivity (Wildman–Crippen MR) is 114 cm³/mol. The summed E-state index contributed by atoms with van der Waals surface area (Å²) >= 11 is 0. The second-order valence-electron chi connectivity index (χ2n) is 7.38. The lowest BCUT2D eigenvalue weighted by Crippen LogP contribution is -2.49. The van der Waals surface area contributed by atoms with Gasteiger partial charge in [0.2, 0.25) is 11.8 Å². The number of aryl methyl sites for hydroxylation is 2. The van der Waals surface area contributed by atoms with E-state index in [4.69, 9.17) is 0 Å². The van der Waals surface area contributed by atoms with E-state index in [1.54, 1.807) is 4.90 Å². The molecule has 0 radical (unpaired) electrons. The molecule has 0 aliphatic carbocycles. The number of nitrogens with zero attached hydrogens (tertiary/aromatic N) is 1. The van der Waals surface area contributed by atoms with Gasteiger partial charge < -0.3 is 10.2 Å². The zero-order valence-electron chi connectivity index (χ0n) is 17.5. The average Bonchev–Trinajstić information content (AvgIpc) is 2.69. The Morgan fingerprint density at radius 3 is 1.93 bits per heavy atom. The lowest BCUT2D eigenvalue weighted by molar-refractivity contribution is -0.140. The molecule has 0 heterocycles. The van der Waals surface area contributed by atoms with Crippen molar-refractivity contribution in [3.8, 4) is 0 Å². The van der Waals surface area contributed by atoms with Crippen LogP contribution in [0.5, 0.6) is 0 Å². The van der Waals surface area contributed by atoms with Crippen molar-refractivity contribution in [2.45, 2.75) is 59.5 Å². The zero-order chi connectivity index (χ0) is 20.5. The van der Waals surface area contributed by atoms with Crippen LogP contribution in [0.1, 0.15) is 48.9 Å². The number of rotatable bonds is 9. The summed E-state index contributed by atoms with van der Waals surface area (Å²) in [6.45, 7) is 9.10. The van der Waals surface area contributed by atoms with E-state index >= 15 is 0 Å². The van der Waals surface area contributed by atoms with Gasteiger partial charge in [-0.25, -0.2) is 0 Å². The first-order chi connectivity index (χ1) is 13.4. The van der Waals surface area contributed by atoms with Gasteiger partial charge >= 0.3 is 0 Å². The van der Waals surface area contributed by atoms with Crippen LogP contribution in [0.25, 0.3) is 0 Å². The van der Waals surface area contributed by atoms with Crippen LogP contribution >= 0.6 is 0 Å². The van der Waals surface area contributed by atoms with Gasteiger partial charge in [-0.3, -0.25) is 9.59 Å². The zero-order valence-corrected chi connectivity index (χ0v) is 17.5. The Hall–Kier alpha value is -2.62. The lowest BCUT2D eigenvalue weighted by Gasteiger charge is -2.31. The molecule has 4 nitrogen and oxygen atoms in total. The Labute approximate surface area is 169 Å². The second kappa shape index (κ2) is 10.6. The first-order valence-electron chi connectivity index (χ1n) is 10.1. The average molecular weight is 381 g/mol. The fraction of sp³-hybridized carbons (Fsp3) is 0.417. The summed E-state index contributed by atoms with van der Waals surface area (Å²) in [5.74, 6) is -0.100. The van der Waals surface area contributed by atoms with Crippen LogP contribution in [0.2, 0.25) is 0 Å². The van der Waals surface area contributed by atoms with Gasteiger partial charge in [-0.2, -0.15) is 0 Å². The monoisotopic (exact) mass is 380 g/mol. The normalized spacial score (nSPS) is 11.7. The number of benzene rings is 2. The van der Waals surface area contributed by atoms with Gasteiger partial charge in [0.15, 0.2) is 0 Å². The van der Waals surface area contributed by atoms with E-state index in [2.05, 4.69) is 5.32 Å². The largest absolute Gasteiger partial charge is 0.354 e. The summed E-state index contributed by atoms with van der Waals surface area (Å²) in [7, 11) is 0. The molecule has 0 aromatic heterocycles. The lowest BCUT2D eigenvalue weighted by atomic mass is 10.1. The second-order valence-corrected chi connectivity index (χ2v) is 7.38. The Morgan fingerprint density at radius 2 is 1.43 bits per heavy atom. The molecule has 2 amide bonds. The molecule has 0 saturated heterocycles. The fourth-order valence-electron chi connectivity index (χ4n) is 3.16. The van der Waals surface area contributed by atoms with Crippen LogP contribution in [0.3, 0.4) is 0 Å². The summed E-state index contributed by atoms with van der Waals surface area (Å²) in [6.07, 6.45) is 1.75. The van der Waals surface area contributed by atoms with Crippen LogP contribution in [0.4, 0.5) is 0 Å². The number of carbonyl (C=O) groups excluding carboxylic acids is 2. The molecule has 150 valence electrons. The van der Waals surface area contributed by atoms with E-state index in [1.807, 2.05) is 76.2 Å². The standard InChI is InChI=1S/C24H32N2O2/c1-5-15-25-24(28)22(6-2)26(17-21-13-9-19(4)10-14-21)23(27)16-20-11-7-18(3)8-12-20/h7-14,22H,5-6,15-17H2,1-4H3,(H,25,28)/t22-/m0/s1. The first-order valence-corrected chi connectivity index (χ1v) is 10.1. The molecular weight excluding hydrogens is 348 g/mol. The molecule has 1 N–H and O–H groups in total. The van der Waals surface area contributed by atoms with E-state index in [9.17, 15) is 9.59 Å². The van der Waals surface area contributed by atoms with E-state index < -0.39 is 6.04 Å². The minimum absolute atomic E-state index is 0.0251. The Balaban J connectivity index is 2.24. The number of carbonyl (C=O) groups is 2. The Bertz CT molecular complexity index is 766. The third kappa shape index (κ3) is 6.22. The van der Waals surface area contributed by atoms with Gasteiger partial charge in [0, 0.05) is 13.1 Å². The van der Waals surface area contributed by atoms with Crippen molar-refractivity contribution in [1.82, 2.24) is 10.2 Å². The van der Waals surface area contributed by atoms with Crippen molar-refractivity contribution in [3.05, 3.63) is 70.8 Å². The SMILES string of the molecule is CCCNC(=O)[C@H](CC)N(Cc1ccc(C)cc1)C(=O)Cc1ccc(C)cc1.